The second kappa shape index (κ2) is 6.29. The van der Waals surface area contributed by atoms with Gasteiger partial charge in [-0.05, 0) is 55.0 Å². The predicted molar refractivity (Wildman–Crippen MR) is 92.4 cm³/mol. The van der Waals surface area contributed by atoms with Crippen LogP contribution in [0.3, 0.4) is 0 Å². The van der Waals surface area contributed by atoms with E-state index in [1.807, 2.05) is 11.5 Å². The van der Waals surface area contributed by atoms with Gasteiger partial charge in [0.15, 0.2) is 0 Å². The van der Waals surface area contributed by atoms with Gasteiger partial charge in [-0.25, -0.2) is 13.8 Å². The highest BCUT2D eigenvalue weighted by atomic mass is 19.1. The summed E-state index contributed by atoms with van der Waals surface area (Å²) < 4.78 is 28.9. The van der Waals surface area contributed by atoms with Crippen molar-refractivity contribution in [1.82, 2.24) is 29.8 Å². The molecule has 8 heteroatoms. The maximum absolute atomic E-state index is 13.4. The maximum atomic E-state index is 13.4. The zero-order chi connectivity index (χ0) is 18.3. The first-order chi connectivity index (χ1) is 12.5. The standard InChI is InChI=1S/C18H16F2N6/c1-3-25-16-7-5-13(19)9-15(16)21-17(25)10-26-23-18(22-24-26)12-4-6-14(20)11(2)8-12/h4-9H,3,10H2,1-2H3. The highest BCUT2D eigenvalue weighted by molar-refractivity contribution is 5.76. The summed E-state index contributed by atoms with van der Waals surface area (Å²) in [4.78, 5) is 5.92. The molecule has 0 radical (unpaired) electrons. The van der Waals surface area contributed by atoms with Gasteiger partial charge in [-0.3, -0.25) is 0 Å². The number of benzene rings is 2. The van der Waals surface area contributed by atoms with Crippen molar-refractivity contribution < 1.29 is 8.78 Å². The summed E-state index contributed by atoms with van der Waals surface area (Å²) in [5.41, 5.74) is 2.67. The lowest BCUT2D eigenvalue weighted by Crippen LogP contribution is -2.10. The van der Waals surface area contributed by atoms with Crippen LogP contribution in [0.25, 0.3) is 22.4 Å². The third kappa shape index (κ3) is 2.83. The van der Waals surface area contributed by atoms with E-state index >= 15 is 0 Å². The van der Waals surface area contributed by atoms with Crippen molar-refractivity contribution in [2.24, 2.45) is 0 Å². The van der Waals surface area contributed by atoms with E-state index in [1.165, 1.54) is 23.0 Å². The molecule has 0 bridgehead atoms. The van der Waals surface area contributed by atoms with Crippen LogP contribution in [0, 0.1) is 18.6 Å². The molecule has 4 aromatic rings. The monoisotopic (exact) mass is 354 g/mol. The first kappa shape index (κ1) is 16.3. The van der Waals surface area contributed by atoms with E-state index in [0.29, 0.717) is 41.4 Å². The molecule has 2 heterocycles. The summed E-state index contributed by atoms with van der Waals surface area (Å²) in [7, 11) is 0. The minimum atomic E-state index is -0.322. The van der Waals surface area contributed by atoms with Crippen molar-refractivity contribution in [1.29, 1.82) is 0 Å². The van der Waals surface area contributed by atoms with Crippen molar-refractivity contribution in [3.05, 3.63) is 59.4 Å². The highest BCUT2D eigenvalue weighted by Crippen LogP contribution is 2.20. The van der Waals surface area contributed by atoms with E-state index < -0.39 is 0 Å². The topological polar surface area (TPSA) is 61.4 Å². The molecule has 0 spiro atoms. The second-order valence-corrected chi connectivity index (χ2v) is 6.01. The van der Waals surface area contributed by atoms with Crippen molar-refractivity contribution >= 4 is 11.0 Å². The molecule has 0 saturated carbocycles. The van der Waals surface area contributed by atoms with Crippen LogP contribution in [0.2, 0.25) is 0 Å². The molecule has 0 fully saturated rings. The molecule has 6 nitrogen and oxygen atoms in total. The lowest BCUT2D eigenvalue weighted by atomic mass is 10.1. The van der Waals surface area contributed by atoms with Crippen LogP contribution < -0.4 is 0 Å². The SMILES string of the molecule is CCn1c(Cn2nnc(-c3ccc(F)c(C)c3)n2)nc2cc(F)ccc21. The molecule has 0 N–H and O–H groups in total. The number of fused-ring (bicyclic) bond motifs is 1. The Bertz CT molecular complexity index is 1100. The third-order valence-corrected chi connectivity index (χ3v) is 4.26. The Balaban J connectivity index is 1.67. The van der Waals surface area contributed by atoms with Gasteiger partial charge >= 0.3 is 0 Å². The van der Waals surface area contributed by atoms with E-state index in [0.717, 1.165) is 5.52 Å². The van der Waals surface area contributed by atoms with Gasteiger partial charge in [0.05, 0.1) is 11.0 Å². The van der Waals surface area contributed by atoms with Gasteiger partial charge in [0.2, 0.25) is 5.82 Å². The number of aryl methyl sites for hydroxylation is 2. The lowest BCUT2D eigenvalue weighted by Gasteiger charge is -2.04. The summed E-state index contributed by atoms with van der Waals surface area (Å²) >= 11 is 0. The summed E-state index contributed by atoms with van der Waals surface area (Å²) in [5.74, 6) is 0.535. The van der Waals surface area contributed by atoms with Gasteiger partial charge in [0.1, 0.15) is 24.0 Å². The second-order valence-electron chi connectivity index (χ2n) is 6.01. The number of nitrogens with zero attached hydrogens (tertiary/aromatic N) is 6. The van der Waals surface area contributed by atoms with Gasteiger partial charge < -0.3 is 4.57 Å². The number of hydrogen-bond acceptors (Lipinski definition) is 4. The third-order valence-electron chi connectivity index (χ3n) is 4.26. The number of rotatable bonds is 4. The Hall–Kier alpha value is -3.16. The average Bonchev–Trinajstić information content (AvgIpc) is 3.21. The zero-order valence-corrected chi connectivity index (χ0v) is 14.3. The van der Waals surface area contributed by atoms with E-state index in [2.05, 4.69) is 20.4 Å². The quantitative estimate of drug-likeness (QED) is 0.564. The van der Waals surface area contributed by atoms with Crippen LogP contribution in [0.15, 0.2) is 36.4 Å². The largest absolute Gasteiger partial charge is 0.327 e. The molecule has 0 unspecified atom stereocenters. The Morgan fingerprint density at radius 3 is 2.69 bits per heavy atom. The van der Waals surface area contributed by atoms with Gasteiger partial charge in [0, 0.05) is 18.2 Å². The molecule has 0 aliphatic rings. The molecular weight excluding hydrogens is 338 g/mol. The first-order valence-electron chi connectivity index (χ1n) is 8.24. The Morgan fingerprint density at radius 2 is 1.92 bits per heavy atom. The first-order valence-corrected chi connectivity index (χ1v) is 8.24. The minimum absolute atomic E-state index is 0.273. The predicted octanol–water partition coefficient (Wildman–Crippen LogP) is 3.34. The summed E-state index contributed by atoms with van der Waals surface area (Å²) in [6, 6.07) is 9.23. The summed E-state index contributed by atoms with van der Waals surface area (Å²) in [6.45, 7) is 4.68. The van der Waals surface area contributed by atoms with Crippen molar-refractivity contribution in [3.63, 3.8) is 0 Å². The lowest BCUT2D eigenvalue weighted by molar-refractivity contribution is 0.536. The fraction of sp³-hybridized carbons (Fsp3) is 0.222. The van der Waals surface area contributed by atoms with E-state index in [1.54, 1.807) is 25.1 Å². The molecule has 2 aromatic heterocycles. The molecule has 0 aliphatic heterocycles. The smallest absolute Gasteiger partial charge is 0.204 e. The number of imidazole rings is 1. The van der Waals surface area contributed by atoms with Gasteiger partial charge in [-0.1, -0.05) is 0 Å². The maximum Gasteiger partial charge on any atom is 0.204 e. The van der Waals surface area contributed by atoms with Crippen LogP contribution in [0.1, 0.15) is 18.3 Å². The Labute approximate surface area is 148 Å². The molecule has 0 saturated heterocycles. The van der Waals surface area contributed by atoms with Gasteiger partial charge in [-0.15, -0.1) is 10.2 Å². The number of halogens is 2. The van der Waals surface area contributed by atoms with Crippen LogP contribution in [-0.2, 0) is 13.1 Å². The average molecular weight is 354 g/mol. The van der Waals surface area contributed by atoms with Crippen molar-refractivity contribution in [2.75, 3.05) is 0 Å². The minimum Gasteiger partial charge on any atom is -0.327 e. The normalized spacial score (nSPS) is 11.4. The highest BCUT2D eigenvalue weighted by Gasteiger charge is 2.13. The molecular formula is C18H16F2N6. The molecule has 132 valence electrons. The van der Waals surface area contributed by atoms with Crippen molar-refractivity contribution in [3.8, 4) is 11.4 Å². The summed E-state index contributed by atoms with van der Waals surface area (Å²) in [6.07, 6.45) is 0. The fourth-order valence-electron chi connectivity index (χ4n) is 2.96. The number of hydrogen-bond donors (Lipinski definition) is 0. The summed E-state index contributed by atoms with van der Waals surface area (Å²) in [5, 5.41) is 12.5. The van der Waals surface area contributed by atoms with Crippen LogP contribution in [0.5, 0.6) is 0 Å². The van der Waals surface area contributed by atoms with Crippen LogP contribution in [-0.4, -0.2) is 29.8 Å². The molecule has 0 amide bonds. The van der Waals surface area contributed by atoms with Crippen LogP contribution in [0.4, 0.5) is 8.78 Å². The molecule has 4 rings (SSSR count). The Kier molecular flexibility index (Phi) is 3.95. The van der Waals surface area contributed by atoms with E-state index in [-0.39, 0.29) is 11.6 Å². The van der Waals surface area contributed by atoms with Gasteiger partial charge in [-0.2, -0.15) is 4.80 Å². The van der Waals surface area contributed by atoms with Gasteiger partial charge in [0.25, 0.3) is 0 Å². The van der Waals surface area contributed by atoms with Crippen molar-refractivity contribution in [2.45, 2.75) is 26.9 Å². The Morgan fingerprint density at radius 1 is 1.08 bits per heavy atom. The fourth-order valence-corrected chi connectivity index (χ4v) is 2.96. The number of tetrazole rings is 1. The van der Waals surface area contributed by atoms with Crippen LogP contribution >= 0.6 is 0 Å². The van der Waals surface area contributed by atoms with E-state index in [9.17, 15) is 8.78 Å². The molecule has 2 aromatic carbocycles. The number of aromatic nitrogens is 6. The molecule has 0 aliphatic carbocycles. The van der Waals surface area contributed by atoms with E-state index in [4.69, 9.17) is 0 Å². The zero-order valence-electron chi connectivity index (χ0n) is 14.3. The molecule has 26 heavy (non-hydrogen) atoms. The molecule has 0 atom stereocenters.